The van der Waals surface area contributed by atoms with Gasteiger partial charge in [-0.25, -0.2) is 4.39 Å². The highest BCUT2D eigenvalue weighted by molar-refractivity contribution is 5.87. The van der Waals surface area contributed by atoms with Crippen LogP contribution < -0.4 is 21.7 Å². The monoisotopic (exact) mass is 394 g/mol. The van der Waals surface area contributed by atoms with Gasteiger partial charge in [-0.05, 0) is 41.6 Å². The minimum Gasteiger partial charge on any atom is -0.397 e. The average molecular weight is 394 g/mol. The van der Waals surface area contributed by atoms with E-state index in [-0.39, 0.29) is 11.6 Å². The van der Waals surface area contributed by atoms with Gasteiger partial charge in [0.15, 0.2) is 6.23 Å². The number of hydrogen-bond donors (Lipinski definition) is 5. The Labute approximate surface area is 168 Å². The summed E-state index contributed by atoms with van der Waals surface area (Å²) in [5.74, 6) is -0.620. The Balaban J connectivity index is 1.51. The molecule has 0 saturated heterocycles. The zero-order valence-corrected chi connectivity index (χ0v) is 15.7. The Bertz CT molecular complexity index is 952. The highest BCUT2D eigenvalue weighted by Gasteiger charge is 2.10. The first kappa shape index (κ1) is 20.2. The molecule has 0 aliphatic carbocycles. The van der Waals surface area contributed by atoms with Crippen LogP contribution in [-0.4, -0.2) is 17.6 Å². The molecule has 1 atom stereocenters. The van der Waals surface area contributed by atoms with Crippen molar-refractivity contribution in [2.75, 3.05) is 17.6 Å². The van der Waals surface area contributed by atoms with Crippen LogP contribution in [-0.2, 0) is 11.3 Å². The maximum Gasteiger partial charge on any atom is 0.244 e. The van der Waals surface area contributed by atoms with Crippen LogP contribution in [0.5, 0.6) is 0 Å². The predicted molar refractivity (Wildman–Crippen MR) is 112 cm³/mol. The van der Waals surface area contributed by atoms with Crippen molar-refractivity contribution < 1.29 is 14.3 Å². The normalized spacial score (nSPS) is 14.2. The van der Waals surface area contributed by atoms with Crippen molar-refractivity contribution in [3.05, 3.63) is 95.5 Å². The molecule has 2 aromatic rings. The van der Waals surface area contributed by atoms with E-state index in [0.717, 1.165) is 11.1 Å². The van der Waals surface area contributed by atoms with E-state index in [2.05, 4.69) is 16.0 Å². The molecular weight excluding hydrogens is 371 g/mol. The zero-order valence-electron chi connectivity index (χ0n) is 15.7. The number of rotatable bonds is 7. The van der Waals surface area contributed by atoms with Crippen LogP contribution >= 0.6 is 0 Å². The Morgan fingerprint density at radius 2 is 2.07 bits per heavy atom. The molecule has 0 radical (unpaired) electrons. The van der Waals surface area contributed by atoms with Gasteiger partial charge in [-0.15, -0.1) is 0 Å². The topological polar surface area (TPSA) is 99.4 Å². The van der Waals surface area contributed by atoms with E-state index < -0.39 is 12.0 Å². The lowest BCUT2D eigenvalue weighted by Gasteiger charge is -2.16. The quantitative estimate of drug-likeness (QED) is 0.283. The molecule has 7 heteroatoms. The maximum atomic E-state index is 13.1. The summed E-state index contributed by atoms with van der Waals surface area (Å²) in [6.45, 7) is 1.07. The minimum atomic E-state index is -0.999. The van der Waals surface area contributed by atoms with Gasteiger partial charge in [0.2, 0.25) is 5.91 Å². The van der Waals surface area contributed by atoms with Crippen molar-refractivity contribution in [2.24, 2.45) is 0 Å². The SMILES string of the molecule is Nc1cc(F)ccc1NC(O)c1ccc(CNC(=O)/C=C/C2=CC=CNC2)cc1. The number of carbonyl (C=O) groups is 1. The van der Waals surface area contributed by atoms with Crippen LogP contribution in [0, 0.1) is 5.82 Å². The second-order valence-corrected chi connectivity index (χ2v) is 6.55. The lowest BCUT2D eigenvalue weighted by Crippen LogP contribution is -2.20. The van der Waals surface area contributed by atoms with Crippen LogP contribution in [0.3, 0.4) is 0 Å². The van der Waals surface area contributed by atoms with E-state index in [9.17, 15) is 14.3 Å². The molecule has 3 rings (SSSR count). The molecule has 6 N–H and O–H groups in total. The summed E-state index contributed by atoms with van der Waals surface area (Å²) in [7, 11) is 0. The summed E-state index contributed by atoms with van der Waals surface area (Å²) in [6.07, 6.45) is 7.96. The Morgan fingerprint density at radius 3 is 2.76 bits per heavy atom. The van der Waals surface area contributed by atoms with Gasteiger partial charge in [0.25, 0.3) is 0 Å². The third-order valence-corrected chi connectivity index (χ3v) is 4.35. The summed E-state index contributed by atoms with van der Waals surface area (Å²) in [6, 6.07) is 11.1. The number of nitrogen functional groups attached to an aromatic ring is 1. The van der Waals surface area contributed by atoms with Crippen LogP contribution in [0.25, 0.3) is 0 Å². The number of halogens is 1. The number of dihydropyridines is 1. The van der Waals surface area contributed by atoms with Crippen molar-refractivity contribution in [3.8, 4) is 0 Å². The van der Waals surface area contributed by atoms with Gasteiger partial charge in [0, 0.05) is 24.7 Å². The fourth-order valence-electron chi connectivity index (χ4n) is 2.73. The fraction of sp³-hybridized carbons (Fsp3) is 0.136. The summed E-state index contributed by atoms with van der Waals surface area (Å²) in [4.78, 5) is 11.9. The van der Waals surface area contributed by atoms with Gasteiger partial charge in [-0.3, -0.25) is 4.79 Å². The molecular formula is C22H23FN4O2. The molecule has 29 heavy (non-hydrogen) atoms. The number of benzene rings is 2. The molecule has 150 valence electrons. The Hall–Kier alpha value is -3.58. The molecule has 2 aromatic carbocycles. The molecule has 0 aromatic heterocycles. The van der Waals surface area contributed by atoms with Crippen molar-refractivity contribution in [1.82, 2.24) is 10.6 Å². The van der Waals surface area contributed by atoms with Crippen molar-refractivity contribution >= 4 is 17.3 Å². The van der Waals surface area contributed by atoms with E-state index in [1.165, 1.54) is 24.3 Å². The second-order valence-electron chi connectivity index (χ2n) is 6.55. The number of amides is 1. The summed E-state index contributed by atoms with van der Waals surface area (Å²) >= 11 is 0. The Kier molecular flexibility index (Phi) is 6.65. The van der Waals surface area contributed by atoms with Gasteiger partial charge in [-0.1, -0.05) is 36.4 Å². The minimum absolute atomic E-state index is 0.182. The number of allylic oxidation sites excluding steroid dienone is 2. The van der Waals surface area contributed by atoms with Gasteiger partial charge in [-0.2, -0.15) is 0 Å². The van der Waals surface area contributed by atoms with Gasteiger partial charge in [0.1, 0.15) is 5.82 Å². The number of carbonyl (C=O) groups excluding carboxylic acids is 1. The lowest BCUT2D eigenvalue weighted by atomic mass is 10.1. The molecule has 0 saturated carbocycles. The first-order valence-electron chi connectivity index (χ1n) is 9.15. The standard InChI is InChI=1S/C22H23FN4O2/c23-18-8-9-20(19(24)12-18)27-22(29)17-6-3-16(4-7-17)14-26-21(28)10-5-15-2-1-11-25-13-15/h1-12,22,25,27,29H,13-14,24H2,(H,26,28)/b10-5+. The molecule has 1 unspecified atom stereocenters. The highest BCUT2D eigenvalue weighted by atomic mass is 19.1. The highest BCUT2D eigenvalue weighted by Crippen LogP contribution is 2.24. The van der Waals surface area contributed by atoms with Gasteiger partial charge in [0.05, 0.1) is 11.4 Å². The van der Waals surface area contributed by atoms with Gasteiger partial charge < -0.3 is 26.8 Å². The first-order chi connectivity index (χ1) is 14.0. The fourth-order valence-corrected chi connectivity index (χ4v) is 2.73. The molecule has 1 aliphatic heterocycles. The molecule has 1 heterocycles. The molecule has 0 bridgehead atoms. The summed E-state index contributed by atoms with van der Waals surface area (Å²) in [5.41, 5.74) is 8.94. The van der Waals surface area contributed by atoms with Crippen LogP contribution in [0.1, 0.15) is 17.4 Å². The number of aliphatic hydroxyl groups is 1. The maximum absolute atomic E-state index is 13.1. The van der Waals surface area contributed by atoms with Crippen LogP contribution in [0.15, 0.2) is 78.5 Å². The van der Waals surface area contributed by atoms with E-state index in [0.29, 0.717) is 24.3 Å². The Morgan fingerprint density at radius 1 is 1.28 bits per heavy atom. The number of nitrogens with two attached hydrogens (primary N) is 1. The van der Waals surface area contributed by atoms with Gasteiger partial charge >= 0.3 is 0 Å². The van der Waals surface area contributed by atoms with Crippen molar-refractivity contribution in [2.45, 2.75) is 12.8 Å². The largest absolute Gasteiger partial charge is 0.397 e. The molecule has 0 fully saturated rings. The van der Waals surface area contributed by atoms with E-state index in [1.807, 2.05) is 30.5 Å². The van der Waals surface area contributed by atoms with Crippen LogP contribution in [0.2, 0.25) is 0 Å². The third-order valence-electron chi connectivity index (χ3n) is 4.35. The van der Waals surface area contributed by atoms with E-state index in [4.69, 9.17) is 5.73 Å². The smallest absolute Gasteiger partial charge is 0.244 e. The van der Waals surface area contributed by atoms with E-state index >= 15 is 0 Å². The number of aliphatic hydroxyl groups excluding tert-OH is 1. The summed E-state index contributed by atoms with van der Waals surface area (Å²) < 4.78 is 13.1. The van der Waals surface area contributed by atoms with Crippen LogP contribution in [0.4, 0.5) is 15.8 Å². The first-order valence-corrected chi connectivity index (χ1v) is 9.15. The molecule has 1 amide bonds. The zero-order chi connectivity index (χ0) is 20.6. The lowest BCUT2D eigenvalue weighted by molar-refractivity contribution is -0.116. The predicted octanol–water partition coefficient (Wildman–Crippen LogP) is 2.73. The second kappa shape index (κ2) is 9.57. The number of anilines is 2. The summed E-state index contributed by atoms with van der Waals surface area (Å²) in [5, 5.41) is 19.0. The van der Waals surface area contributed by atoms with Crippen molar-refractivity contribution in [3.63, 3.8) is 0 Å². The molecule has 6 nitrogen and oxygen atoms in total. The third kappa shape index (κ3) is 5.95. The number of hydrogen-bond acceptors (Lipinski definition) is 5. The average Bonchev–Trinajstić information content (AvgIpc) is 2.74. The molecule has 0 spiro atoms. The van der Waals surface area contributed by atoms with E-state index in [1.54, 1.807) is 18.2 Å². The number of nitrogens with one attached hydrogen (secondary N) is 3. The van der Waals surface area contributed by atoms with Crippen molar-refractivity contribution in [1.29, 1.82) is 0 Å². The molecule has 1 aliphatic rings.